The minimum atomic E-state index is 0.379. The van der Waals surface area contributed by atoms with Crippen molar-refractivity contribution in [2.75, 3.05) is 6.61 Å². The van der Waals surface area contributed by atoms with Gasteiger partial charge in [0, 0.05) is 6.42 Å². The second-order valence-corrected chi connectivity index (χ2v) is 3.99. The van der Waals surface area contributed by atoms with Gasteiger partial charge >= 0.3 is 6.47 Å². The Balaban J connectivity index is 3.09. The highest BCUT2D eigenvalue weighted by Crippen LogP contribution is 2.12. The van der Waals surface area contributed by atoms with E-state index in [0.717, 1.165) is 3.39 Å². The molecule has 51 valence electrons. The van der Waals surface area contributed by atoms with Gasteiger partial charge < -0.3 is 4.74 Å². The molecule has 0 rings (SSSR count). The molecule has 2 nitrogen and oxygen atoms in total. The van der Waals surface area contributed by atoms with Crippen LogP contribution in [-0.2, 0) is 9.53 Å². The van der Waals surface area contributed by atoms with Gasteiger partial charge in [-0.25, -0.2) is 4.79 Å². The zero-order valence-corrected chi connectivity index (χ0v) is 7.74. The van der Waals surface area contributed by atoms with Gasteiger partial charge in [-0.05, 0) is 31.9 Å². The SMILES string of the molecule is O=[C]OCCC=C(Br)Br. The summed E-state index contributed by atoms with van der Waals surface area (Å²) in [5, 5.41) is 0. The molecule has 4 heteroatoms. The van der Waals surface area contributed by atoms with Crippen LogP contribution in [0.3, 0.4) is 0 Å². The Morgan fingerprint density at radius 1 is 1.67 bits per heavy atom. The van der Waals surface area contributed by atoms with Gasteiger partial charge in [-0.15, -0.1) is 0 Å². The van der Waals surface area contributed by atoms with E-state index in [9.17, 15) is 4.79 Å². The van der Waals surface area contributed by atoms with Crippen molar-refractivity contribution in [2.24, 2.45) is 0 Å². The van der Waals surface area contributed by atoms with Gasteiger partial charge in [-0.1, -0.05) is 6.08 Å². The molecule has 0 N–H and O–H groups in total. The highest BCUT2D eigenvalue weighted by atomic mass is 79.9. The summed E-state index contributed by atoms with van der Waals surface area (Å²) in [7, 11) is 0. The summed E-state index contributed by atoms with van der Waals surface area (Å²) in [6.45, 7) is 1.71. The molecule has 0 amide bonds. The second-order valence-electron chi connectivity index (χ2n) is 1.21. The van der Waals surface area contributed by atoms with Crippen molar-refractivity contribution in [2.45, 2.75) is 6.42 Å². The van der Waals surface area contributed by atoms with E-state index in [4.69, 9.17) is 0 Å². The maximum absolute atomic E-state index is 9.46. The summed E-state index contributed by atoms with van der Waals surface area (Å²) in [4.78, 5) is 9.46. The predicted octanol–water partition coefficient (Wildman–Crippen LogP) is 2.09. The van der Waals surface area contributed by atoms with Crippen LogP contribution in [0.5, 0.6) is 0 Å². The fourth-order valence-electron chi connectivity index (χ4n) is 0.269. The lowest BCUT2D eigenvalue weighted by molar-refractivity contribution is 0.284. The molecule has 0 spiro atoms. The summed E-state index contributed by atoms with van der Waals surface area (Å²) in [5.41, 5.74) is 0. The van der Waals surface area contributed by atoms with E-state index in [1.807, 2.05) is 6.08 Å². The first kappa shape index (κ1) is 9.17. The molecule has 0 aliphatic rings. The largest absolute Gasteiger partial charge is 0.457 e. The monoisotopic (exact) mass is 255 g/mol. The van der Waals surface area contributed by atoms with Crippen LogP contribution in [0.15, 0.2) is 9.47 Å². The average molecular weight is 257 g/mol. The molecule has 0 atom stereocenters. The fourth-order valence-corrected chi connectivity index (χ4v) is 0.726. The van der Waals surface area contributed by atoms with E-state index in [-0.39, 0.29) is 0 Å². The Kier molecular flexibility index (Phi) is 6.41. The van der Waals surface area contributed by atoms with Gasteiger partial charge in [0.25, 0.3) is 0 Å². The van der Waals surface area contributed by atoms with Crippen molar-refractivity contribution in [3.05, 3.63) is 9.47 Å². The van der Waals surface area contributed by atoms with Gasteiger partial charge in [-0.2, -0.15) is 0 Å². The van der Waals surface area contributed by atoms with Crippen LogP contribution in [0.25, 0.3) is 0 Å². The highest BCUT2D eigenvalue weighted by molar-refractivity contribution is 9.28. The van der Waals surface area contributed by atoms with E-state index in [2.05, 4.69) is 36.6 Å². The highest BCUT2D eigenvalue weighted by Gasteiger charge is 1.83. The van der Waals surface area contributed by atoms with Crippen LogP contribution in [0.1, 0.15) is 6.42 Å². The summed E-state index contributed by atoms with van der Waals surface area (Å²) < 4.78 is 5.16. The third kappa shape index (κ3) is 8.17. The Morgan fingerprint density at radius 3 is 2.78 bits per heavy atom. The van der Waals surface area contributed by atoms with Crippen molar-refractivity contribution in [3.8, 4) is 0 Å². The van der Waals surface area contributed by atoms with Crippen LogP contribution in [-0.4, -0.2) is 13.1 Å². The predicted molar refractivity (Wildman–Crippen MR) is 42.2 cm³/mol. The number of hydrogen-bond acceptors (Lipinski definition) is 2. The first-order chi connectivity index (χ1) is 4.27. The van der Waals surface area contributed by atoms with Crippen molar-refractivity contribution in [3.63, 3.8) is 0 Å². The van der Waals surface area contributed by atoms with Gasteiger partial charge in [0.15, 0.2) is 0 Å². The minimum absolute atomic E-state index is 0.379. The Labute approximate surface area is 70.5 Å². The van der Waals surface area contributed by atoms with Gasteiger partial charge in [0.1, 0.15) is 0 Å². The van der Waals surface area contributed by atoms with Crippen LogP contribution in [0, 0.1) is 0 Å². The fraction of sp³-hybridized carbons (Fsp3) is 0.400. The second kappa shape index (κ2) is 6.29. The number of ether oxygens (including phenoxy) is 1. The summed E-state index contributed by atoms with van der Waals surface area (Å²) in [6, 6.07) is 0. The van der Waals surface area contributed by atoms with E-state index < -0.39 is 0 Å². The first-order valence-corrected chi connectivity index (χ1v) is 3.86. The average Bonchev–Trinajstić information content (AvgIpc) is 1.80. The molecule has 0 aliphatic carbocycles. The van der Waals surface area contributed by atoms with E-state index >= 15 is 0 Å². The number of hydrogen-bond donors (Lipinski definition) is 0. The molecule has 0 saturated carbocycles. The summed E-state index contributed by atoms with van der Waals surface area (Å²) in [5.74, 6) is 0. The van der Waals surface area contributed by atoms with E-state index in [1.165, 1.54) is 6.47 Å². The van der Waals surface area contributed by atoms with Crippen LogP contribution < -0.4 is 0 Å². The molecule has 1 radical (unpaired) electrons. The summed E-state index contributed by atoms with van der Waals surface area (Å²) >= 11 is 6.30. The summed E-state index contributed by atoms with van der Waals surface area (Å²) in [6.07, 6.45) is 2.54. The molecule has 0 heterocycles. The lowest BCUT2D eigenvalue weighted by atomic mass is 10.5. The van der Waals surface area contributed by atoms with Crippen molar-refractivity contribution in [1.29, 1.82) is 0 Å². The van der Waals surface area contributed by atoms with Crippen LogP contribution in [0.4, 0.5) is 0 Å². The standard InChI is InChI=1S/C5H5Br2O2/c6-5(7)2-1-3-9-4-8/h2H,1,3H2. The van der Waals surface area contributed by atoms with Crippen molar-refractivity contribution >= 4 is 38.3 Å². The first-order valence-electron chi connectivity index (χ1n) is 2.27. The van der Waals surface area contributed by atoms with Gasteiger partial charge in [-0.3, -0.25) is 0 Å². The maximum Gasteiger partial charge on any atom is 0.417 e. The zero-order chi connectivity index (χ0) is 7.11. The van der Waals surface area contributed by atoms with Crippen molar-refractivity contribution in [1.82, 2.24) is 0 Å². The smallest absolute Gasteiger partial charge is 0.417 e. The topological polar surface area (TPSA) is 26.3 Å². The molecular formula is C5H5Br2O2. The number of carbonyl (C=O) groups excluding carboxylic acids is 1. The molecular weight excluding hydrogens is 252 g/mol. The number of rotatable bonds is 4. The van der Waals surface area contributed by atoms with Gasteiger partial charge in [0.05, 0.1) is 10.00 Å². The molecule has 0 aliphatic heterocycles. The van der Waals surface area contributed by atoms with E-state index in [1.54, 1.807) is 0 Å². The van der Waals surface area contributed by atoms with Crippen LogP contribution >= 0.6 is 31.9 Å². The van der Waals surface area contributed by atoms with E-state index in [0.29, 0.717) is 13.0 Å². The molecule has 0 saturated heterocycles. The normalized spacial score (nSPS) is 8.22. The number of halogens is 2. The van der Waals surface area contributed by atoms with Crippen LogP contribution in [0.2, 0.25) is 0 Å². The molecule has 0 bridgehead atoms. The third-order valence-electron chi connectivity index (χ3n) is 0.577. The van der Waals surface area contributed by atoms with Crippen molar-refractivity contribution < 1.29 is 9.53 Å². The maximum atomic E-state index is 9.46. The molecule has 0 aromatic heterocycles. The molecule has 0 fully saturated rings. The Bertz CT molecular complexity index is 108. The minimum Gasteiger partial charge on any atom is -0.457 e. The molecule has 9 heavy (non-hydrogen) atoms. The Hall–Kier alpha value is 0.170. The quantitative estimate of drug-likeness (QED) is 0.720. The third-order valence-corrected chi connectivity index (χ3v) is 1.22. The Morgan fingerprint density at radius 2 is 2.33 bits per heavy atom. The zero-order valence-electron chi connectivity index (χ0n) is 4.56. The van der Waals surface area contributed by atoms with Gasteiger partial charge in [0.2, 0.25) is 0 Å². The lowest BCUT2D eigenvalue weighted by Crippen LogP contribution is -1.87. The molecule has 0 aromatic rings. The molecule has 0 unspecified atom stereocenters. The lowest BCUT2D eigenvalue weighted by Gasteiger charge is -1.89. The molecule has 0 aromatic carbocycles.